The lowest BCUT2D eigenvalue weighted by atomic mass is 9.82. The molecule has 28 heavy (non-hydrogen) atoms. The zero-order valence-electron chi connectivity index (χ0n) is 15.0. The molecule has 0 spiro atoms. The van der Waals surface area contributed by atoms with E-state index in [-0.39, 0.29) is 24.2 Å². The number of hydrogen-bond acceptors (Lipinski definition) is 6. The molecule has 0 aliphatic heterocycles. The van der Waals surface area contributed by atoms with Crippen molar-refractivity contribution in [1.29, 1.82) is 0 Å². The number of pyridine rings is 2. The number of nitro groups is 1. The van der Waals surface area contributed by atoms with Gasteiger partial charge in [0.2, 0.25) is 5.91 Å². The van der Waals surface area contributed by atoms with E-state index in [1.807, 2.05) is 6.07 Å². The third-order valence-corrected chi connectivity index (χ3v) is 4.49. The summed E-state index contributed by atoms with van der Waals surface area (Å²) in [5, 5.41) is 14.8. The zero-order valence-corrected chi connectivity index (χ0v) is 15.0. The zero-order chi connectivity index (χ0) is 20.0. The van der Waals surface area contributed by atoms with Crippen LogP contribution in [0.3, 0.4) is 0 Å². The van der Waals surface area contributed by atoms with Gasteiger partial charge in [-0.1, -0.05) is 24.3 Å². The van der Waals surface area contributed by atoms with Gasteiger partial charge in [0.25, 0.3) is 5.69 Å². The van der Waals surface area contributed by atoms with Gasteiger partial charge in [0, 0.05) is 43.8 Å². The van der Waals surface area contributed by atoms with Crippen LogP contribution in [0.25, 0.3) is 0 Å². The summed E-state index contributed by atoms with van der Waals surface area (Å²) in [5.41, 5.74) is 5.90. The van der Waals surface area contributed by atoms with E-state index in [1.165, 1.54) is 6.07 Å². The standard InChI is InChI=1S/C20H19N5O3/c21-19(26)20(11-15-5-3-9-22-12-15,24-14-16-6-4-10-23-13-16)17-7-1-2-8-18(17)25(27)28/h1-10,12-13,24H,11,14H2,(H2,21,26). The van der Waals surface area contributed by atoms with Crippen LogP contribution in [0.2, 0.25) is 0 Å². The lowest BCUT2D eigenvalue weighted by Gasteiger charge is -2.32. The topological polar surface area (TPSA) is 124 Å². The first kappa shape index (κ1) is 19.1. The summed E-state index contributed by atoms with van der Waals surface area (Å²) in [4.78, 5) is 32.0. The van der Waals surface area contributed by atoms with Crippen molar-refractivity contribution in [2.75, 3.05) is 0 Å². The molecule has 1 amide bonds. The molecule has 0 saturated heterocycles. The summed E-state index contributed by atoms with van der Waals surface area (Å²) in [7, 11) is 0. The number of hydrogen-bond donors (Lipinski definition) is 2. The molecule has 0 saturated carbocycles. The number of nitrogens with two attached hydrogens (primary N) is 1. The number of nitrogens with one attached hydrogen (secondary N) is 1. The largest absolute Gasteiger partial charge is 0.368 e. The van der Waals surface area contributed by atoms with E-state index < -0.39 is 16.4 Å². The number of aromatic nitrogens is 2. The molecular weight excluding hydrogens is 358 g/mol. The normalized spacial score (nSPS) is 12.9. The van der Waals surface area contributed by atoms with E-state index in [0.29, 0.717) is 0 Å². The van der Waals surface area contributed by atoms with E-state index in [0.717, 1.165) is 11.1 Å². The fraction of sp³-hybridized carbons (Fsp3) is 0.150. The molecule has 0 fully saturated rings. The first-order valence-corrected chi connectivity index (χ1v) is 8.59. The van der Waals surface area contributed by atoms with Crippen LogP contribution in [-0.2, 0) is 23.3 Å². The van der Waals surface area contributed by atoms with E-state index in [4.69, 9.17) is 5.73 Å². The van der Waals surface area contributed by atoms with Crippen LogP contribution in [0.4, 0.5) is 5.69 Å². The quantitative estimate of drug-likeness (QED) is 0.458. The van der Waals surface area contributed by atoms with Gasteiger partial charge in [0.1, 0.15) is 5.54 Å². The van der Waals surface area contributed by atoms with Gasteiger partial charge in [0.15, 0.2) is 0 Å². The van der Waals surface area contributed by atoms with Crippen molar-refractivity contribution in [3.05, 3.63) is 100 Å². The summed E-state index contributed by atoms with van der Waals surface area (Å²) in [5.74, 6) is -0.713. The molecule has 0 radical (unpaired) electrons. The van der Waals surface area contributed by atoms with E-state index in [2.05, 4.69) is 15.3 Å². The van der Waals surface area contributed by atoms with E-state index in [1.54, 1.807) is 61.2 Å². The van der Waals surface area contributed by atoms with Gasteiger partial charge in [-0.3, -0.25) is 30.2 Å². The molecule has 2 aromatic heterocycles. The summed E-state index contributed by atoms with van der Waals surface area (Å²) in [6, 6.07) is 13.3. The predicted molar refractivity (Wildman–Crippen MR) is 103 cm³/mol. The van der Waals surface area contributed by atoms with Gasteiger partial charge < -0.3 is 5.73 Å². The smallest absolute Gasteiger partial charge is 0.275 e. The number of rotatable bonds is 8. The van der Waals surface area contributed by atoms with Gasteiger partial charge in [0.05, 0.1) is 10.5 Å². The monoisotopic (exact) mass is 377 g/mol. The van der Waals surface area contributed by atoms with Gasteiger partial charge in [-0.25, -0.2) is 0 Å². The van der Waals surface area contributed by atoms with Crippen LogP contribution in [0.1, 0.15) is 16.7 Å². The Morgan fingerprint density at radius 3 is 2.25 bits per heavy atom. The van der Waals surface area contributed by atoms with Crippen molar-refractivity contribution in [1.82, 2.24) is 15.3 Å². The SMILES string of the molecule is NC(=O)C(Cc1cccnc1)(NCc1cccnc1)c1ccccc1[N+](=O)[O-]. The van der Waals surface area contributed by atoms with Crippen LogP contribution in [0.15, 0.2) is 73.3 Å². The van der Waals surface area contributed by atoms with Crippen LogP contribution in [-0.4, -0.2) is 20.8 Å². The Balaban J connectivity index is 2.10. The van der Waals surface area contributed by atoms with Crippen molar-refractivity contribution in [2.45, 2.75) is 18.5 Å². The molecule has 142 valence electrons. The maximum absolute atomic E-state index is 12.7. The Morgan fingerprint density at radius 1 is 1.04 bits per heavy atom. The second kappa shape index (κ2) is 8.36. The average Bonchev–Trinajstić information content (AvgIpc) is 2.72. The van der Waals surface area contributed by atoms with Gasteiger partial charge in [-0.05, 0) is 29.3 Å². The number of carbonyl (C=O) groups is 1. The third kappa shape index (κ3) is 4.02. The molecule has 1 unspecified atom stereocenters. The maximum Gasteiger partial charge on any atom is 0.275 e. The summed E-state index contributed by atoms with van der Waals surface area (Å²) >= 11 is 0. The first-order chi connectivity index (χ1) is 13.5. The van der Waals surface area contributed by atoms with Crippen LogP contribution in [0.5, 0.6) is 0 Å². The maximum atomic E-state index is 12.7. The number of para-hydroxylation sites is 1. The van der Waals surface area contributed by atoms with Crippen molar-refractivity contribution in [2.24, 2.45) is 5.73 Å². The van der Waals surface area contributed by atoms with Gasteiger partial charge in [-0.2, -0.15) is 0 Å². The molecule has 3 N–H and O–H groups in total. The summed E-state index contributed by atoms with van der Waals surface area (Å²) in [6.07, 6.45) is 6.63. The molecule has 1 aromatic carbocycles. The first-order valence-electron chi connectivity index (χ1n) is 8.59. The third-order valence-electron chi connectivity index (χ3n) is 4.49. The molecule has 0 bridgehead atoms. The molecule has 3 rings (SSSR count). The molecule has 3 aromatic rings. The highest BCUT2D eigenvalue weighted by Gasteiger charge is 2.43. The lowest BCUT2D eigenvalue weighted by molar-refractivity contribution is -0.386. The molecular formula is C20H19N5O3. The minimum Gasteiger partial charge on any atom is -0.368 e. The lowest BCUT2D eigenvalue weighted by Crippen LogP contribution is -2.54. The number of benzene rings is 1. The molecule has 1 atom stereocenters. The molecule has 8 heteroatoms. The number of primary amides is 1. The van der Waals surface area contributed by atoms with Crippen molar-refractivity contribution < 1.29 is 9.72 Å². The van der Waals surface area contributed by atoms with Gasteiger partial charge in [-0.15, -0.1) is 0 Å². The van der Waals surface area contributed by atoms with E-state index in [9.17, 15) is 14.9 Å². The fourth-order valence-electron chi connectivity index (χ4n) is 3.12. The van der Waals surface area contributed by atoms with E-state index >= 15 is 0 Å². The Kier molecular flexibility index (Phi) is 5.71. The Hall–Kier alpha value is -3.65. The molecule has 0 aliphatic rings. The Bertz CT molecular complexity index is 966. The van der Waals surface area contributed by atoms with Gasteiger partial charge >= 0.3 is 0 Å². The number of amides is 1. The van der Waals surface area contributed by atoms with Crippen molar-refractivity contribution in [3.8, 4) is 0 Å². The Morgan fingerprint density at radius 2 is 1.68 bits per heavy atom. The highest BCUT2D eigenvalue weighted by atomic mass is 16.6. The highest BCUT2D eigenvalue weighted by Crippen LogP contribution is 2.33. The summed E-state index contributed by atoms with van der Waals surface area (Å²) in [6.45, 7) is 0.253. The fourth-order valence-corrected chi connectivity index (χ4v) is 3.12. The number of nitrogens with zero attached hydrogens (tertiary/aromatic N) is 3. The minimum atomic E-state index is -1.50. The van der Waals surface area contributed by atoms with Crippen molar-refractivity contribution in [3.63, 3.8) is 0 Å². The average molecular weight is 377 g/mol. The second-order valence-electron chi connectivity index (χ2n) is 6.30. The Labute approximate surface area is 161 Å². The predicted octanol–water partition coefficient (Wildman–Crippen LogP) is 2.10. The van der Waals surface area contributed by atoms with Crippen LogP contribution >= 0.6 is 0 Å². The highest BCUT2D eigenvalue weighted by molar-refractivity contribution is 5.88. The number of nitro benzene ring substituents is 1. The number of carbonyl (C=O) groups excluding carboxylic acids is 1. The molecule has 2 heterocycles. The van der Waals surface area contributed by atoms with Crippen LogP contribution in [0, 0.1) is 10.1 Å². The molecule has 0 aliphatic carbocycles. The second-order valence-corrected chi connectivity index (χ2v) is 6.30. The van der Waals surface area contributed by atoms with Crippen LogP contribution < -0.4 is 11.1 Å². The minimum absolute atomic E-state index is 0.112. The summed E-state index contributed by atoms with van der Waals surface area (Å²) < 4.78 is 0. The van der Waals surface area contributed by atoms with Crippen molar-refractivity contribution >= 4 is 11.6 Å². The molecule has 8 nitrogen and oxygen atoms in total.